The molecule has 1 aromatic rings. The maximum Gasteiger partial charge on any atom is 0.309 e. The molecule has 4 aliphatic rings. The average molecular weight is 541 g/mol. The first kappa shape index (κ1) is 26.9. The summed E-state index contributed by atoms with van der Waals surface area (Å²) in [6, 6.07) is 3.21. The number of ketones is 2. The Morgan fingerprint density at radius 3 is 2.33 bits per heavy atom. The topological polar surface area (TPSA) is 188 Å². The lowest BCUT2D eigenvalue weighted by Gasteiger charge is -2.54. The van der Waals surface area contributed by atoms with Crippen molar-refractivity contribution < 1.29 is 44.3 Å². The number of phenols is 1. The van der Waals surface area contributed by atoms with Crippen LogP contribution in [0.2, 0.25) is 0 Å². The summed E-state index contributed by atoms with van der Waals surface area (Å²) in [5.41, 5.74) is 1.50. The van der Waals surface area contributed by atoms with Crippen LogP contribution in [0.15, 0.2) is 40.9 Å². The summed E-state index contributed by atoms with van der Waals surface area (Å²) in [4.78, 5) is 54.6. The van der Waals surface area contributed by atoms with Crippen molar-refractivity contribution in [3.8, 4) is 5.75 Å². The highest BCUT2D eigenvalue weighted by Gasteiger charge is 2.68. The molecule has 1 amide bonds. The highest BCUT2D eigenvalue weighted by molar-refractivity contribution is 6.25. The zero-order valence-electron chi connectivity index (χ0n) is 21.9. The molecule has 11 nitrogen and oxygen atoms in total. The number of phenolic OH excluding ortho intramolecular Hbond substituents is 1. The van der Waals surface area contributed by atoms with Crippen molar-refractivity contribution in [3.63, 3.8) is 0 Å². The minimum Gasteiger partial charge on any atom is -0.510 e. The molecular formula is C28H32N2O9. The van der Waals surface area contributed by atoms with Gasteiger partial charge in [0.05, 0.1) is 23.4 Å². The van der Waals surface area contributed by atoms with E-state index >= 15 is 0 Å². The van der Waals surface area contributed by atoms with Gasteiger partial charge in [-0.25, -0.2) is 0 Å². The first-order valence-corrected chi connectivity index (χ1v) is 13.0. The summed E-state index contributed by atoms with van der Waals surface area (Å²) >= 11 is 0. The van der Waals surface area contributed by atoms with Gasteiger partial charge in [0.2, 0.25) is 5.78 Å². The monoisotopic (exact) mass is 540 g/mol. The number of rotatable bonds is 4. The summed E-state index contributed by atoms with van der Waals surface area (Å²) in [5, 5.41) is 45.3. The minimum atomic E-state index is -2.94. The first-order chi connectivity index (χ1) is 18.3. The van der Waals surface area contributed by atoms with Crippen molar-refractivity contribution in [1.82, 2.24) is 4.90 Å². The molecule has 1 fully saturated rings. The molecule has 0 aliphatic heterocycles. The molecule has 0 unspecified atom stereocenters. The van der Waals surface area contributed by atoms with E-state index in [1.807, 2.05) is 0 Å². The van der Waals surface area contributed by atoms with Crippen LogP contribution in [-0.2, 0) is 19.1 Å². The van der Waals surface area contributed by atoms with Crippen molar-refractivity contribution in [2.24, 2.45) is 23.5 Å². The van der Waals surface area contributed by atoms with Gasteiger partial charge in [-0.05, 0) is 44.5 Å². The van der Waals surface area contributed by atoms with Crippen molar-refractivity contribution in [2.45, 2.75) is 56.3 Å². The fraction of sp³-hybridized carbons (Fsp3) is 0.500. The second-order valence-electron chi connectivity index (χ2n) is 11.2. The van der Waals surface area contributed by atoms with Crippen LogP contribution >= 0.6 is 0 Å². The number of carbonyl (C=O) groups excluding carboxylic acids is 4. The van der Waals surface area contributed by atoms with Crippen molar-refractivity contribution in [1.29, 1.82) is 0 Å². The van der Waals surface area contributed by atoms with Crippen LogP contribution in [0, 0.1) is 17.8 Å². The Balaban J connectivity index is 1.80. The molecule has 0 saturated heterocycles. The Bertz CT molecular complexity index is 1360. The Morgan fingerprint density at radius 2 is 1.74 bits per heavy atom. The molecule has 0 spiro atoms. The van der Waals surface area contributed by atoms with E-state index in [9.17, 15) is 39.6 Å². The van der Waals surface area contributed by atoms with Crippen LogP contribution < -0.4 is 5.73 Å². The molecule has 208 valence electrons. The summed E-state index contributed by atoms with van der Waals surface area (Å²) in [6.45, 7) is 1.73. The number of hydrogen-bond donors (Lipinski definition) is 5. The number of carbonyl (C=O) groups is 4. The second kappa shape index (κ2) is 9.20. The number of Topliss-reactive ketones (excluding diaryl/α,β-unsaturated/α-hetero) is 2. The average Bonchev–Trinajstić information content (AvgIpc) is 3.41. The summed E-state index contributed by atoms with van der Waals surface area (Å²) in [6.07, 6.45) is 1.48. The van der Waals surface area contributed by atoms with Gasteiger partial charge in [0.1, 0.15) is 28.9 Å². The number of hydrogen-bond acceptors (Lipinski definition) is 10. The zero-order chi connectivity index (χ0) is 28.5. The van der Waals surface area contributed by atoms with E-state index in [0.29, 0.717) is 18.4 Å². The summed E-state index contributed by atoms with van der Waals surface area (Å²) in [5.74, 6) is -9.83. The number of ether oxygens (including phenoxy) is 1. The van der Waals surface area contributed by atoms with E-state index in [4.69, 9.17) is 10.5 Å². The van der Waals surface area contributed by atoms with E-state index in [-0.39, 0.29) is 11.3 Å². The second-order valence-corrected chi connectivity index (χ2v) is 11.2. The van der Waals surface area contributed by atoms with Gasteiger partial charge in [-0.1, -0.05) is 31.9 Å². The Kier molecular flexibility index (Phi) is 6.34. The van der Waals surface area contributed by atoms with Crippen molar-refractivity contribution >= 4 is 23.4 Å². The Hall–Kier alpha value is -3.70. The van der Waals surface area contributed by atoms with E-state index in [1.54, 1.807) is 19.1 Å². The molecule has 6 atom stereocenters. The quantitative estimate of drug-likeness (QED) is 0.276. The van der Waals surface area contributed by atoms with Crippen molar-refractivity contribution in [3.05, 3.63) is 52.0 Å². The molecule has 1 aromatic carbocycles. The zero-order valence-corrected chi connectivity index (χ0v) is 21.9. The Labute approximate surface area is 224 Å². The molecule has 0 radical (unpaired) electrons. The number of aromatic hydroxyl groups is 1. The summed E-state index contributed by atoms with van der Waals surface area (Å²) in [7, 11) is 3.04. The molecule has 0 aromatic heterocycles. The standard InChI is InChI=1S/C28H32N2O9/c1-11-13-9-6-10-14(31)16(13)21(32)17-15(11)23(39-27(37)12-7-4-5-8-12)19-20(30(2)3)22(33)18(26(29)36)25(35)28(19,38)24(17)34/h6,9-12,15,19-20,23,31,33-34,38H,4-5,7-8H2,1-3H3,(H2,29,36)/t11-,15+,19+,20-,23-,28-/m0/s1. The Morgan fingerprint density at radius 1 is 1.10 bits per heavy atom. The maximum atomic E-state index is 13.8. The van der Waals surface area contributed by atoms with Crippen LogP contribution in [0.25, 0.3) is 0 Å². The number of esters is 1. The third kappa shape index (κ3) is 3.63. The molecule has 6 N–H and O–H groups in total. The van der Waals surface area contributed by atoms with Crippen LogP contribution in [0.4, 0.5) is 0 Å². The van der Waals surface area contributed by atoms with Gasteiger partial charge in [-0.3, -0.25) is 24.1 Å². The lowest BCUT2D eigenvalue weighted by atomic mass is 9.55. The third-order valence-corrected chi connectivity index (χ3v) is 8.91. The van der Waals surface area contributed by atoms with Gasteiger partial charge < -0.3 is 30.9 Å². The highest BCUT2D eigenvalue weighted by atomic mass is 16.5. The van der Waals surface area contributed by atoms with Crippen LogP contribution in [-0.4, -0.2) is 80.6 Å². The highest BCUT2D eigenvalue weighted by Crippen LogP contribution is 2.56. The fourth-order valence-electron chi connectivity index (χ4n) is 7.09. The van der Waals surface area contributed by atoms with E-state index in [0.717, 1.165) is 12.8 Å². The van der Waals surface area contributed by atoms with Gasteiger partial charge >= 0.3 is 5.97 Å². The van der Waals surface area contributed by atoms with Gasteiger partial charge in [0, 0.05) is 11.5 Å². The van der Waals surface area contributed by atoms with Crippen LogP contribution in [0.5, 0.6) is 5.75 Å². The molecule has 4 aliphatic carbocycles. The number of aliphatic hydroxyl groups excluding tert-OH is 2. The number of primary amides is 1. The van der Waals surface area contributed by atoms with Crippen LogP contribution in [0.1, 0.15) is 54.4 Å². The number of benzene rings is 1. The molecule has 39 heavy (non-hydrogen) atoms. The van der Waals surface area contributed by atoms with Crippen LogP contribution in [0.3, 0.4) is 0 Å². The normalized spacial score (nSPS) is 32.7. The number of amides is 1. The SMILES string of the molecule is C[C@H]1c2cccc(O)c2C(=O)C2=C(O)[C@]3(O)C(=O)C(C(N)=O)=C(O)[C@@H](N(C)C)[C@@H]3[C@@H](OC(=O)C3CCCC3)[C@@H]21. The number of fused-ring (bicyclic) bond motifs is 3. The number of nitrogens with two attached hydrogens (primary N) is 1. The maximum absolute atomic E-state index is 13.8. The molecule has 0 bridgehead atoms. The smallest absolute Gasteiger partial charge is 0.309 e. The number of likely N-dealkylation sites (N-methyl/N-ethyl adjacent to an activating group) is 1. The predicted molar refractivity (Wildman–Crippen MR) is 136 cm³/mol. The predicted octanol–water partition coefficient (Wildman–Crippen LogP) is 1.39. The van der Waals surface area contributed by atoms with Crippen molar-refractivity contribution in [2.75, 3.05) is 14.1 Å². The third-order valence-electron chi connectivity index (χ3n) is 8.91. The fourth-order valence-corrected chi connectivity index (χ4v) is 7.09. The van der Waals surface area contributed by atoms with Gasteiger partial charge in [-0.2, -0.15) is 0 Å². The van der Waals surface area contributed by atoms with Gasteiger partial charge in [0.15, 0.2) is 11.4 Å². The summed E-state index contributed by atoms with van der Waals surface area (Å²) < 4.78 is 6.08. The number of aliphatic hydroxyl groups is 3. The number of nitrogens with zero attached hydrogens (tertiary/aromatic N) is 1. The molecule has 0 heterocycles. The lowest BCUT2D eigenvalue weighted by Crippen LogP contribution is -2.69. The minimum absolute atomic E-state index is 0.105. The van der Waals surface area contributed by atoms with Gasteiger partial charge in [0.25, 0.3) is 5.91 Å². The molecular weight excluding hydrogens is 508 g/mol. The lowest BCUT2D eigenvalue weighted by molar-refractivity contribution is -0.183. The van der Waals surface area contributed by atoms with E-state index in [2.05, 4.69) is 0 Å². The van der Waals surface area contributed by atoms with E-state index in [1.165, 1.54) is 25.1 Å². The van der Waals surface area contributed by atoms with Gasteiger partial charge in [-0.15, -0.1) is 0 Å². The molecule has 1 saturated carbocycles. The first-order valence-electron chi connectivity index (χ1n) is 13.0. The molecule has 11 heteroatoms. The van der Waals surface area contributed by atoms with E-state index < -0.39 is 87.5 Å². The largest absolute Gasteiger partial charge is 0.510 e. The molecule has 5 rings (SSSR count).